The number of hydrogen-bond donors (Lipinski definition) is 2. The highest BCUT2D eigenvalue weighted by atomic mass is 16.5. The maximum atomic E-state index is 11.9. The van der Waals surface area contributed by atoms with Crippen LogP contribution >= 0.6 is 0 Å². The molecule has 3 rings (SSSR count). The van der Waals surface area contributed by atoms with Gasteiger partial charge in [0.25, 0.3) is 5.56 Å². The Morgan fingerprint density at radius 3 is 3.00 bits per heavy atom. The van der Waals surface area contributed by atoms with Crippen molar-refractivity contribution in [1.82, 2.24) is 20.2 Å². The van der Waals surface area contributed by atoms with E-state index in [0.29, 0.717) is 18.8 Å². The van der Waals surface area contributed by atoms with E-state index in [1.165, 1.54) is 0 Å². The predicted molar refractivity (Wildman–Crippen MR) is 66.4 cm³/mol. The van der Waals surface area contributed by atoms with Crippen molar-refractivity contribution in [3.8, 4) is 0 Å². The molecule has 2 aliphatic rings. The van der Waals surface area contributed by atoms with Gasteiger partial charge in [0.2, 0.25) is 0 Å². The molecule has 0 saturated carbocycles. The van der Waals surface area contributed by atoms with Crippen molar-refractivity contribution in [3.63, 3.8) is 0 Å². The predicted octanol–water partition coefficient (Wildman–Crippen LogP) is -0.752. The summed E-state index contributed by atoms with van der Waals surface area (Å²) in [4.78, 5) is 21.7. The van der Waals surface area contributed by atoms with E-state index < -0.39 is 0 Å². The molecule has 0 unspecified atom stereocenters. The Morgan fingerprint density at radius 1 is 1.33 bits per heavy atom. The monoisotopic (exact) mass is 250 g/mol. The van der Waals surface area contributed by atoms with Gasteiger partial charge in [0.05, 0.1) is 31.0 Å². The lowest BCUT2D eigenvalue weighted by molar-refractivity contribution is 0.107. The summed E-state index contributed by atoms with van der Waals surface area (Å²) in [7, 11) is 0. The lowest BCUT2D eigenvalue weighted by Gasteiger charge is -2.27. The third kappa shape index (κ3) is 2.45. The van der Waals surface area contributed by atoms with Gasteiger partial charge in [-0.3, -0.25) is 9.69 Å². The molecule has 6 heteroatoms. The summed E-state index contributed by atoms with van der Waals surface area (Å²) in [5, 5.41) is 3.31. The van der Waals surface area contributed by atoms with Gasteiger partial charge in [-0.05, 0) is 0 Å². The van der Waals surface area contributed by atoms with Gasteiger partial charge in [0, 0.05) is 32.6 Å². The Bertz CT molecular complexity index is 479. The average molecular weight is 250 g/mol. The normalized spacial score (nSPS) is 20.7. The van der Waals surface area contributed by atoms with Crippen molar-refractivity contribution >= 4 is 0 Å². The van der Waals surface area contributed by atoms with E-state index in [1.807, 2.05) is 0 Å². The van der Waals surface area contributed by atoms with Crippen molar-refractivity contribution in [2.75, 3.05) is 32.8 Å². The second kappa shape index (κ2) is 5.17. The standard InChI is InChI=1S/C12H18N4O2/c17-12-9-8-18-6-1-10(9)14-11(15-12)7-16-4-2-13-3-5-16/h13H,1-8H2,(H,14,15,17). The molecule has 0 atom stereocenters. The Kier molecular flexibility index (Phi) is 3.40. The molecule has 98 valence electrons. The number of nitrogens with one attached hydrogen (secondary N) is 2. The zero-order valence-electron chi connectivity index (χ0n) is 10.4. The first-order valence-electron chi connectivity index (χ1n) is 6.45. The molecular weight excluding hydrogens is 232 g/mol. The number of nitrogens with zero attached hydrogens (tertiary/aromatic N) is 2. The van der Waals surface area contributed by atoms with Crippen LogP contribution < -0.4 is 10.9 Å². The van der Waals surface area contributed by atoms with Crippen LogP contribution in [0.15, 0.2) is 4.79 Å². The minimum absolute atomic E-state index is 0.0372. The largest absolute Gasteiger partial charge is 0.376 e. The van der Waals surface area contributed by atoms with Gasteiger partial charge in [-0.1, -0.05) is 0 Å². The zero-order valence-corrected chi connectivity index (χ0v) is 10.4. The second-order valence-electron chi connectivity index (χ2n) is 4.77. The summed E-state index contributed by atoms with van der Waals surface area (Å²) in [6.45, 7) is 5.80. The van der Waals surface area contributed by atoms with Crippen LogP contribution in [0.2, 0.25) is 0 Å². The van der Waals surface area contributed by atoms with E-state index in [2.05, 4.69) is 20.2 Å². The van der Waals surface area contributed by atoms with Crippen LogP contribution in [0.1, 0.15) is 17.1 Å². The Morgan fingerprint density at radius 2 is 2.17 bits per heavy atom. The van der Waals surface area contributed by atoms with Gasteiger partial charge in [0.15, 0.2) is 0 Å². The number of fused-ring (bicyclic) bond motifs is 1. The highest BCUT2D eigenvalue weighted by Gasteiger charge is 2.17. The van der Waals surface area contributed by atoms with E-state index in [1.54, 1.807) is 0 Å². The average Bonchev–Trinajstić information content (AvgIpc) is 2.40. The molecule has 1 fully saturated rings. The molecule has 0 radical (unpaired) electrons. The third-order valence-corrected chi connectivity index (χ3v) is 3.46. The lowest BCUT2D eigenvalue weighted by atomic mass is 10.1. The van der Waals surface area contributed by atoms with E-state index in [9.17, 15) is 4.79 Å². The molecule has 0 spiro atoms. The first-order valence-corrected chi connectivity index (χ1v) is 6.45. The van der Waals surface area contributed by atoms with Crippen LogP contribution in [-0.4, -0.2) is 47.7 Å². The molecule has 0 aliphatic carbocycles. The molecule has 1 aromatic heterocycles. The maximum absolute atomic E-state index is 11.9. The Balaban J connectivity index is 1.80. The molecule has 6 nitrogen and oxygen atoms in total. The fourth-order valence-electron chi connectivity index (χ4n) is 2.45. The second-order valence-corrected chi connectivity index (χ2v) is 4.77. The first-order chi connectivity index (χ1) is 8.83. The summed E-state index contributed by atoms with van der Waals surface area (Å²) in [5.41, 5.74) is 1.57. The summed E-state index contributed by atoms with van der Waals surface area (Å²) in [6, 6.07) is 0. The summed E-state index contributed by atoms with van der Waals surface area (Å²) in [5.74, 6) is 0.780. The van der Waals surface area contributed by atoms with Crippen molar-refractivity contribution in [2.45, 2.75) is 19.6 Å². The van der Waals surface area contributed by atoms with E-state index in [0.717, 1.165) is 50.7 Å². The number of aromatic nitrogens is 2. The molecule has 0 aromatic carbocycles. The van der Waals surface area contributed by atoms with Crippen molar-refractivity contribution < 1.29 is 4.74 Å². The molecule has 0 bridgehead atoms. The highest BCUT2D eigenvalue weighted by Crippen LogP contribution is 2.10. The topological polar surface area (TPSA) is 70.2 Å². The number of ether oxygens (including phenoxy) is 1. The quantitative estimate of drug-likeness (QED) is 0.722. The van der Waals surface area contributed by atoms with Crippen molar-refractivity contribution in [3.05, 3.63) is 27.4 Å². The van der Waals surface area contributed by atoms with Crippen molar-refractivity contribution in [2.24, 2.45) is 0 Å². The minimum atomic E-state index is -0.0372. The van der Waals surface area contributed by atoms with Gasteiger partial charge in [-0.2, -0.15) is 0 Å². The number of H-pyrrole nitrogens is 1. The molecule has 0 amide bonds. The number of hydrogen-bond acceptors (Lipinski definition) is 5. The smallest absolute Gasteiger partial charge is 0.256 e. The number of rotatable bonds is 2. The highest BCUT2D eigenvalue weighted by molar-refractivity contribution is 5.19. The molecule has 2 N–H and O–H groups in total. The molecular formula is C12H18N4O2. The van der Waals surface area contributed by atoms with Crippen LogP contribution in [0.4, 0.5) is 0 Å². The van der Waals surface area contributed by atoms with Crippen molar-refractivity contribution in [1.29, 1.82) is 0 Å². The van der Waals surface area contributed by atoms with Gasteiger partial charge in [0.1, 0.15) is 5.82 Å². The van der Waals surface area contributed by atoms with Crippen LogP contribution in [0.25, 0.3) is 0 Å². The van der Waals surface area contributed by atoms with E-state index in [-0.39, 0.29) is 5.56 Å². The SMILES string of the molecule is O=c1[nH]c(CN2CCNCC2)nc2c1COCC2. The fraction of sp³-hybridized carbons (Fsp3) is 0.667. The van der Waals surface area contributed by atoms with E-state index >= 15 is 0 Å². The summed E-state index contributed by atoms with van der Waals surface area (Å²) in [6.07, 6.45) is 0.744. The maximum Gasteiger partial charge on any atom is 0.256 e. The fourth-order valence-corrected chi connectivity index (χ4v) is 2.45. The van der Waals surface area contributed by atoms with Gasteiger partial charge in [-0.15, -0.1) is 0 Å². The summed E-state index contributed by atoms with van der Waals surface area (Å²) >= 11 is 0. The molecule has 18 heavy (non-hydrogen) atoms. The zero-order chi connectivity index (χ0) is 12.4. The first kappa shape index (κ1) is 11.8. The molecule has 1 saturated heterocycles. The minimum Gasteiger partial charge on any atom is -0.376 e. The Labute approximate surface area is 105 Å². The van der Waals surface area contributed by atoms with Crippen LogP contribution in [0.3, 0.4) is 0 Å². The molecule has 3 heterocycles. The summed E-state index contributed by atoms with van der Waals surface area (Å²) < 4.78 is 5.29. The lowest BCUT2D eigenvalue weighted by Crippen LogP contribution is -2.43. The molecule has 2 aliphatic heterocycles. The number of aromatic amines is 1. The van der Waals surface area contributed by atoms with Crippen LogP contribution in [0, 0.1) is 0 Å². The Hall–Kier alpha value is -1.24. The van der Waals surface area contributed by atoms with Gasteiger partial charge < -0.3 is 15.0 Å². The van der Waals surface area contributed by atoms with Gasteiger partial charge in [-0.25, -0.2) is 4.98 Å². The van der Waals surface area contributed by atoms with Crippen LogP contribution in [0.5, 0.6) is 0 Å². The number of piperazine rings is 1. The van der Waals surface area contributed by atoms with E-state index in [4.69, 9.17) is 4.74 Å². The van der Waals surface area contributed by atoms with Crippen LogP contribution in [-0.2, 0) is 24.3 Å². The third-order valence-electron chi connectivity index (χ3n) is 3.46. The molecule has 1 aromatic rings. The van der Waals surface area contributed by atoms with Gasteiger partial charge >= 0.3 is 0 Å².